The third-order valence-corrected chi connectivity index (χ3v) is 1.48. The molecule has 52 valence electrons. The third kappa shape index (κ3) is 1.41. The van der Waals surface area contributed by atoms with Crippen LogP contribution in [0.15, 0.2) is 9.98 Å². The summed E-state index contributed by atoms with van der Waals surface area (Å²) >= 11 is 0. The lowest BCUT2D eigenvalue weighted by atomic mass is 10.1. The van der Waals surface area contributed by atoms with E-state index in [-0.39, 0.29) is 5.66 Å². The lowest BCUT2D eigenvalue weighted by Crippen LogP contribution is -2.15. The Morgan fingerprint density at radius 3 is 2.60 bits per heavy atom. The van der Waals surface area contributed by atoms with Crippen LogP contribution in [0.25, 0.3) is 0 Å². The Morgan fingerprint density at radius 2 is 2.10 bits per heavy atom. The van der Waals surface area contributed by atoms with Crippen LogP contribution < -0.4 is 0 Å². The summed E-state index contributed by atoms with van der Waals surface area (Å²) in [6.07, 6.45) is 4.59. The zero-order valence-electron chi connectivity index (χ0n) is 5.91. The normalized spacial score (nSPS) is 19.2. The predicted molar refractivity (Wildman–Crippen MR) is 40.2 cm³/mol. The van der Waals surface area contributed by atoms with Crippen LogP contribution in [0.3, 0.4) is 0 Å². The Balaban J connectivity index is 2.47. The molecule has 3 heteroatoms. The fraction of sp³-hybridized carbons (Fsp3) is 0.571. The molecule has 10 heavy (non-hydrogen) atoms. The molecule has 1 aliphatic rings. The van der Waals surface area contributed by atoms with Gasteiger partial charge in [-0.25, -0.2) is 0 Å². The molecular formula is C7H9N3. The average Bonchev–Trinajstić information content (AvgIpc) is 2.33. The molecule has 1 aliphatic heterocycles. The van der Waals surface area contributed by atoms with Crippen molar-refractivity contribution >= 4 is 12.4 Å². The van der Waals surface area contributed by atoms with Crippen molar-refractivity contribution in [3.8, 4) is 6.07 Å². The largest absolute Gasteiger partial charge is 0.262 e. The first-order valence-corrected chi connectivity index (χ1v) is 3.23. The highest BCUT2D eigenvalue weighted by Gasteiger charge is 2.21. The summed E-state index contributed by atoms with van der Waals surface area (Å²) in [6, 6.07) is 2.07. The number of hydrogen-bond donors (Lipinski definition) is 0. The second kappa shape index (κ2) is 2.61. The standard InChI is InChI=1S/C7H9N3/c1-7(3-2-4-8)9-5-6-10-7/h5-6H,2-3H2,1H3. The van der Waals surface area contributed by atoms with Gasteiger partial charge in [-0.2, -0.15) is 5.26 Å². The predicted octanol–water partition coefficient (Wildman–Crippen LogP) is 1.16. The van der Waals surface area contributed by atoms with E-state index in [1.807, 2.05) is 6.92 Å². The number of rotatable bonds is 2. The molecule has 0 fully saturated rings. The van der Waals surface area contributed by atoms with Crippen LogP contribution in [0.5, 0.6) is 0 Å². The maximum atomic E-state index is 8.29. The van der Waals surface area contributed by atoms with Gasteiger partial charge in [0, 0.05) is 25.3 Å². The zero-order valence-corrected chi connectivity index (χ0v) is 5.91. The fourth-order valence-electron chi connectivity index (χ4n) is 0.843. The molecule has 0 amide bonds. The summed E-state index contributed by atoms with van der Waals surface area (Å²) in [6.45, 7) is 1.92. The maximum absolute atomic E-state index is 8.29. The first kappa shape index (κ1) is 6.94. The average molecular weight is 135 g/mol. The molecule has 0 saturated heterocycles. The molecule has 1 rings (SSSR count). The van der Waals surface area contributed by atoms with E-state index in [1.165, 1.54) is 0 Å². The van der Waals surface area contributed by atoms with Crippen LogP contribution >= 0.6 is 0 Å². The second-order valence-electron chi connectivity index (χ2n) is 2.43. The van der Waals surface area contributed by atoms with Gasteiger partial charge in [-0.1, -0.05) is 0 Å². The van der Waals surface area contributed by atoms with Gasteiger partial charge in [0.25, 0.3) is 0 Å². The van der Waals surface area contributed by atoms with E-state index >= 15 is 0 Å². The van der Waals surface area contributed by atoms with E-state index in [1.54, 1.807) is 12.4 Å². The number of aliphatic imine (C=N–C) groups is 2. The molecule has 0 N–H and O–H groups in total. The molecule has 0 unspecified atom stereocenters. The second-order valence-corrected chi connectivity index (χ2v) is 2.43. The van der Waals surface area contributed by atoms with Gasteiger partial charge in [0.15, 0.2) is 0 Å². The lowest BCUT2D eigenvalue weighted by Gasteiger charge is -2.13. The van der Waals surface area contributed by atoms with Crippen molar-refractivity contribution in [3.63, 3.8) is 0 Å². The summed E-state index contributed by atoms with van der Waals surface area (Å²) in [5, 5.41) is 8.29. The smallest absolute Gasteiger partial charge is 0.148 e. The van der Waals surface area contributed by atoms with Gasteiger partial charge in [-0.05, 0) is 6.92 Å². The van der Waals surface area contributed by atoms with E-state index in [2.05, 4.69) is 16.1 Å². The topological polar surface area (TPSA) is 48.5 Å². The van der Waals surface area contributed by atoms with Gasteiger partial charge < -0.3 is 0 Å². The molecule has 0 aromatic carbocycles. The van der Waals surface area contributed by atoms with Crippen molar-refractivity contribution in [2.24, 2.45) is 9.98 Å². The first-order valence-electron chi connectivity index (χ1n) is 3.23. The van der Waals surface area contributed by atoms with Gasteiger partial charge in [0.05, 0.1) is 6.07 Å². The molecule has 0 spiro atoms. The molecule has 0 atom stereocenters. The quantitative estimate of drug-likeness (QED) is 0.560. The molecular weight excluding hydrogens is 126 g/mol. The van der Waals surface area contributed by atoms with Gasteiger partial charge in [0.1, 0.15) is 5.66 Å². The van der Waals surface area contributed by atoms with Crippen LogP contribution in [0, 0.1) is 11.3 Å². The van der Waals surface area contributed by atoms with Crippen molar-refractivity contribution in [1.29, 1.82) is 5.26 Å². The number of hydrogen-bond acceptors (Lipinski definition) is 3. The Labute approximate surface area is 60.1 Å². The highest BCUT2D eigenvalue weighted by atomic mass is 15.1. The summed E-state index contributed by atoms with van der Waals surface area (Å²) in [4.78, 5) is 8.21. The zero-order chi connectivity index (χ0) is 7.45. The molecule has 3 nitrogen and oxygen atoms in total. The minimum absolute atomic E-state index is 0.338. The van der Waals surface area contributed by atoms with Crippen LogP contribution in [-0.2, 0) is 0 Å². The van der Waals surface area contributed by atoms with Crippen molar-refractivity contribution in [3.05, 3.63) is 0 Å². The summed E-state index contributed by atoms with van der Waals surface area (Å²) < 4.78 is 0. The molecule has 0 aliphatic carbocycles. The number of nitrogens with zero attached hydrogens (tertiary/aromatic N) is 3. The fourth-order valence-corrected chi connectivity index (χ4v) is 0.843. The minimum Gasteiger partial charge on any atom is -0.262 e. The van der Waals surface area contributed by atoms with Crippen molar-refractivity contribution in [2.75, 3.05) is 0 Å². The first-order chi connectivity index (χ1) is 4.77. The van der Waals surface area contributed by atoms with E-state index in [4.69, 9.17) is 5.26 Å². The van der Waals surface area contributed by atoms with Crippen LogP contribution in [0.1, 0.15) is 19.8 Å². The molecule has 0 aromatic heterocycles. The lowest BCUT2D eigenvalue weighted by molar-refractivity contribution is 0.475. The van der Waals surface area contributed by atoms with Crippen molar-refractivity contribution in [1.82, 2.24) is 0 Å². The van der Waals surface area contributed by atoms with Crippen LogP contribution in [0.4, 0.5) is 0 Å². The van der Waals surface area contributed by atoms with Crippen LogP contribution in [-0.4, -0.2) is 18.1 Å². The van der Waals surface area contributed by atoms with E-state index in [0.29, 0.717) is 6.42 Å². The molecule has 0 aromatic rings. The Morgan fingerprint density at radius 1 is 1.50 bits per heavy atom. The summed E-state index contributed by atoms with van der Waals surface area (Å²) in [5.74, 6) is 0. The summed E-state index contributed by atoms with van der Waals surface area (Å²) in [7, 11) is 0. The molecule has 1 heterocycles. The maximum Gasteiger partial charge on any atom is 0.148 e. The third-order valence-electron chi connectivity index (χ3n) is 1.48. The molecule has 0 radical (unpaired) electrons. The van der Waals surface area contributed by atoms with Gasteiger partial charge in [-0.15, -0.1) is 0 Å². The highest BCUT2D eigenvalue weighted by molar-refractivity contribution is 6.17. The summed E-state index contributed by atoms with van der Waals surface area (Å²) in [5.41, 5.74) is -0.338. The van der Waals surface area contributed by atoms with Gasteiger partial charge in [-0.3, -0.25) is 9.98 Å². The van der Waals surface area contributed by atoms with Crippen molar-refractivity contribution in [2.45, 2.75) is 25.4 Å². The van der Waals surface area contributed by atoms with Gasteiger partial charge >= 0.3 is 0 Å². The Bertz CT molecular complexity index is 197. The van der Waals surface area contributed by atoms with Crippen LogP contribution in [0.2, 0.25) is 0 Å². The monoisotopic (exact) mass is 135 g/mol. The molecule has 0 saturated carbocycles. The van der Waals surface area contributed by atoms with Gasteiger partial charge in [0.2, 0.25) is 0 Å². The number of nitriles is 1. The SMILES string of the molecule is CC1(CCC#N)N=CC=N1. The van der Waals surface area contributed by atoms with E-state index in [0.717, 1.165) is 6.42 Å². The van der Waals surface area contributed by atoms with Crippen molar-refractivity contribution < 1.29 is 0 Å². The Hall–Kier alpha value is -1.17. The minimum atomic E-state index is -0.338. The molecule has 0 bridgehead atoms. The highest BCUT2D eigenvalue weighted by Crippen LogP contribution is 2.20. The Kier molecular flexibility index (Phi) is 1.81. The van der Waals surface area contributed by atoms with E-state index in [9.17, 15) is 0 Å². The van der Waals surface area contributed by atoms with E-state index < -0.39 is 0 Å².